The summed E-state index contributed by atoms with van der Waals surface area (Å²) in [7, 11) is -3.38. The zero-order valence-electron chi connectivity index (χ0n) is 27.4. The third-order valence-electron chi connectivity index (χ3n) is 9.85. The van der Waals surface area contributed by atoms with E-state index in [1.165, 1.54) is 0 Å². The molecule has 3 aliphatic heterocycles. The van der Waals surface area contributed by atoms with E-state index in [4.69, 9.17) is 9.47 Å². The first-order chi connectivity index (χ1) is 23.3. The first-order valence-corrected chi connectivity index (χ1v) is 19.3. The Morgan fingerprint density at radius 3 is 2.57 bits per heavy atom. The van der Waals surface area contributed by atoms with Gasteiger partial charge in [-0.2, -0.15) is 0 Å². The molecule has 4 heterocycles. The van der Waals surface area contributed by atoms with Gasteiger partial charge in [0.25, 0.3) is 11.8 Å². The van der Waals surface area contributed by atoms with Gasteiger partial charge in [-0.3, -0.25) is 14.3 Å². The highest BCUT2D eigenvalue weighted by Crippen LogP contribution is 2.60. The Bertz CT molecular complexity index is 1690. The van der Waals surface area contributed by atoms with Crippen molar-refractivity contribution in [2.24, 2.45) is 5.92 Å². The van der Waals surface area contributed by atoms with Gasteiger partial charge in [0.05, 0.1) is 24.0 Å². The highest BCUT2D eigenvalue weighted by Gasteiger charge is 2.66. The van der Waals surface area contributed by atoms with Crippen LogP contribution < -0.4 is 10.2 Å². The van der Waals surface area contributed by atoms with Crippen LogP contribution in [0.3, 0.4) is 0 Å². The van der Waals surface area contributed by atoms with Crippen LogP contribution in [-0.4, -0.2) is 104 Å². The number of benzene rings is 2. The molecule has 0 aliphatic carbocycles. The zero-order valence-corrected chi connectivity index (χ0v) is 28.4. The standard InChI is InChI=1S/C33H42FN5O9Si/c1-18-29(49(2,3)34)24(11-13-38-17-21(12-14-40)36-37-38)48-33(18)22-9-4-5-10-23(22)39(32(33)46)16-19-7-6-8-20(15-19)35-30(44)28-26(42)25(41)27(43)31(45)47-28/h4-10,15,17-18,24-29,31,40-43,45H,11-14,16H2,1-3H3,(H,35,44)/t18-,24+,25-,26-,27+,28-,29-,31+,33+/m0/s1. The molecule has 0 bridgehead atoms. The highest BCUT2D eigenvalue weighted by molar-refractivity contribution is 6.72. The van der Waals surface area contributed by atoms with Gasteiger partial charge in [0.2, 0.25) is 8.41 Å². The number of amides is 2. The van der Waals surface area contributed by atoms with E-state index in [9.17, 15) is 35.1 Å². The van der Waals surface area contributed by atoms with Gasteiger partial charge < -0.3 is 49.3 Å². The van der Waals surface area contributed by atoms with Crippen molar-refractivity contribution in [2.45, 2.75) is 93.9 Å². The van der Waals surface area contributed by atoms with Crippen LogP contribution in [0.5, 0.6) is 0 Å². The summed E-state index contributed by atoms with van der Waals surface area (Å²) in [5.41, 5.74) is 0.968. The third-order valence-corrected chi connectivity index (χ3v) is 12.3. The summed E-state index contributed by atoms with van der Waals surface area (Å²) in [5.74, 6) is -1.65. The number of aliphatic hydroxyl groups is 5. The Hall–Kier alpha value is -3.61. The molecular weight excluding hydrogens is 657 g/mol. The molecule has 0 radical (unpaired) electrons. The first-order valence-electron chi connectivity index (χ1n) is 16.3. The predicted octanol–water partition coefficient (Wildman–Crippen LogP) is 0.963. The van der Waals surface area contributed by atoms with Crippen molar-refractivity contribution in [3.05, 3.63) is 71.5 Å². The summed E-state index contributed by atoms with van der Waals surface area (Å²) in [6, 6.07) is 14.0. The van der Waals surface area contributed by atoms with E-state index in [0.29, 0.717) is 47.6 Å². The number of hydrogen-bond acceptors (Lipinski definition) is 11. The number of aryl methyl sites for hydroxylation is 1. The summed E-state index contributed by atoms with van der Waals surface area (Å²) >= 11 is 0. The van der Waals surface area contributed by atoms with E-state index in [0.717, 1.165) is 0 Å². The van der Waals surface area contributed by atoms with Crippen molar-refractivity contribution in [2.75, 3.05) is 16.8 Å². The number of carbonyl (C=O) groups is 2. The number of fused-ring (bicyclic) bond motifs is 2. The van der Waals surface area contributed by atoms with Gasteiger partial charge in [0.1, 0.15) is 18.3 Å². The van der Waals surface area contributed by atoms with Crippen molar-refractivity contribution < 1.29 is 48.7 Å². The minimum absolute atomic E-state index is 0.0491. The minimum Gasteiger partial charge on any atom is -0.396 e. The second-order valence-electron chi connectivity index (χ2n) is 13.5. The zero-order chi connectivity index (χ0) is 35.2. The average Bonchev–Trinajstić information content (AvgIpc) is 3.71. The molecule has 0 unspecified atom stereocenters. The van der Waals surface area contributed by atoms with Crippen LogP contribution in [0.2, 0.25) is 18.6 Å². The van der Waals surface area contributed by atoms with E-state index >= 15 is 4.11 Å². The van der Waals surface area contributed by atoms with Crippen LogP contribution in [0.4, 0.5) is 15.5 Å². The molecule has 264 valence electrons. The molecule has 2 fully saturated rings. The number of carbonyl (C=O) groups excluding carboxylic acids is 2. The maximum atomic E-state index is 16.1. The number of para-hydroxylation sites is 1. The van der Waals surface area contributed by atoms with Crippen molar-refractivity contribution in [1.29, 1.82) is 0 Å². The predicted molar refractivity (Wildman–Crippen MR) is 175 cm³/mol. The van der Waals surface area contributed by atoms with Crippen LogP contribution >= 0.6 is 0 Å². The number of aromatic nitrogens is 3. The number of rotatable bonds is 10. The molecule has 6 N–H and O–H groups in total. The summed E-state index contributed by atoms with van der Waals surface area (Å²) in [6.07, 6.45) is -6.92. The molecule has 1 spiro atoms. The monoisotopic (exact) mass is 699 g/mol. The largest absolute Gasteiger partial charge is 0.396 e. The Labute approximate surface area is 283 Å². The minimum atomic E-state index is -3.38. The number of aliphatic hydroxyl groups excluding tert-OH is 5. The van der Waals surface area contributed by atoms with Gasteiger partial charge in [-0.1, -0.05) is 42.5 Å². The Kier molecular flexibility index (Phi) is 9.77. The van der Waals surface area contributed by atoms with Crippen LogP contribution in [-0.2, 0) is 44.2 Å². The molecule has 2 saturated heterocycles. The third kappa shape index (κ3) is 6.43. The summed E-state index contributed by atoms with van der Waals surface area (Å²) in [5, 5.41) is 59.9. The lowest BCUT2D eigenvalue weighted by Gasteiger charge is -2.37. The van der Waals surface area contributed by atoms with Gasteiger partial charge in [-0.25, -0.2) is 0 Å². The molecule has 1 aromatic heterocycles. The van der Waals surface area contributed by atoms with E-state index in [-0.39, 0.29) is 19.1 Å². The molecule has 3 aliphatic rings. The number of anilines is 2. The second-order valence-corrected chi connectivity index (χ2v) is 17.3. The first kappa shape index (κ1) is 35.2. The fourth-order valence-corrected chi connectivity index (χ4v) is 10.1. The maximum Gasteiger partial charge on any atom is 0.264 e. The molecule has 16 heteroatoms. The topological polar surface area (TPSA) is 200 Å². The van der Waals surface area contributed by atoms with Gasteiger partial charge >= 0.3 is 0 Å². The molecule has 6 rings (SSSR count). The Morgan fingerprint density at radius 1 is 1.08 bits per heavy atom. The summed E-state index contributed by atoms with van der Waals surface area (Å²) in [4.78, 5) is 29.2. The fourth-order valence-electron chi connectivity index (χ4n) is 7.59. The molecule has 14 nitrogen and oxygen atoms in total. The van der Waals surface area contributed by atoms with Crippen LogP contribution in [0.1, 0.15) is 30.2 Å². The van der Waals surface area contributed by atoms with Crippen molar-refractivity contribution in [1.82, 2.24) is 15.0 Å². The van der Waals surface area contributed by atoms with Gasteiger partial charge in [-0.15, -0.1) is 5.10 Å². The van der Waals surface area contributed by atoms with Gasteiger partial charge in [0, 0.05) is 48.5 Å². The smallest absolute Gasteiger partial charge is 0.264 e. The Balaban J connectivity index is 1.23. The molecule has 2 amide bonds. The molecule has 49 heavy (non-hydrogen) atoms. The fraction of sp³-hybridized carbons (Fsp3) is 0.515. The lowest BCUT2D eigenvalue weighted by Crippen LogP contribution is -2.60. The van der Waals surface area contributed by atoms with Crippen molar-refractivity contribution >= 4 is 31.6 Å². The normalized spacial score (nSPS) is 31.4. The second kappa shape index (κ2) is 13.6. The molecule has 9 atom stereocenters. The molecule has 3 aromatic rings. The quantitative estimate of drug-likeness (QED) is 0.130. The van der Waals surface area contributed by atoms with E-state index in [1.807, 2.05) is 31.2 Å². The molecule has 0 saturated carbocycles. The molecule has 2 aromatic carbocycles. The number of hydrogen-bond donors (Lipinski definition) is 6. The lowest BCUT2D eigenvalue weighted by molar-refractivity contribution is -0.274. The SMILES string of the molecule is C[C@H]1[C@H]([Si](C)(C)F)[C@@H](CCn2cc(CCO)nn2)O[C@]12C(=O)N(Cc1cccc(NC(=O)[C@H]3O[C@@H](O)[C@H](O)[C@@H](O)[C@@H]3O)c1)c1ccccc12. The van der Waals surface area contributed by atoms with Crippen LogP contribution in [0.15, 0.2) is 54.7 Å². The van der Waals surface area contributed by atoms with Crippen LogP contribution in [0.25, 0.3) is 0 Å². The summed E-state index contributed by atoms with van der Waals surface area (Å²) in [6.45, 7) is 5.61. The van der Waals surface area contributed by atoms with Crippen LogP contribution in [0, 0.1) is 5.92 Å². The summed E-state index contributed by atoms with van der Waals surface area (Å²) < 4.78 is 29.6. The van der Waals surface area contributed by atoms with E-state index in [2.05, 4.69) is 15.6 Å². The number of halogens is 1. The highest BCUT2D eigenvalue weighted by atomic mass is 28.4. The number of nitrogens with one attached hydrogen (secondary N) is 1. The number of nitrogens with zero attached hydrogens (tertiary/aromatic N) is 4. The lowest BCUT2D eigenvalue weighted by atomic mass is 9.82. The van der Waals surface area contributed by atoms with E-state index < -0.39 is 68.2 Å². The average molecular weight is 700 g/mol. The van der Waals surface area contributed by atoms with E-state index in [1.54, 1.807) is 53.1 Å². The maximum absolute atomic E-state index is 16.1. The van der Waals surface area contributed by atoms with Gasteiger partial charge in [-0.05, 0) is 43.3 Å². The number of ether oxygens (including phenoxy) is 2. The van der Waals surface area contributed by atoms with Gasteiger partial charge in [0.15, 0.2) is 18.0 Å². The Morgan fingerprint density at radius 2 is 1.84 bits per heavy atom. The van der Waals surface area contributed by atoms with Crippen molar-refractivity contribution in [3.8, 4) is 0 Å². The van der Waals surface area contributed by atoms with Crippen molar-refractivity contribution in [3.63, 3.8) is 0 Å². The molecular formula is C33H42FN5O9Si.